The van der Waals surface area contributed by atoms with Crippen molar-refractivity contribution in [2.24, 2.45) is 5.73 Å². The Morgan fingerprint density at radius 2 is 2.38 bits per heavy atom. The molecule has 2 aromatic heterocycles. The number of aromatic amines is 1. The predicted molar refractivity (Wildman–Crippen MR) is 56.4 cm³/mol. The number of hydrogen-bond donors (Lipinski definition) is 2. The lowest BCUT2D eigenvalue weighted by atomic mass is 10.1. The van der Waals surface area contributed by atoms with Gasteiger partial charge in [0.1, 0.15) is 5.65 Å². The molecule has 13 heavy (non-hydrogen) atoms. The Morgan fingerprint density at radius 3 is 3.08 bits per heavy atom. The van der Waals surface area contributed by atoms with Gasteiger partial charge in [0.15, 0.2) is 0 Å². The minimum Gasteiger partial charge on any atom is -0.346 e. The van der Waals surface area contributed by atoms with Gasteiger partial charge >= 0.3 is 0 Å². The molecule has 4 heteroatoms. The Labute approximate surface area is 84.5 Å². The predicted octanol–water partition coefficient (Wildman–Crippen LogP) is 2.35. The second-order valence-electron chi connectivity index (χ2n) is 3.08. The molecule has 0 aromatic carbocycles. The Balaban J connectivity index is 2.71. The van der Waals surface area contributed by atoms with Gasteiger partial charge in [-0.2, -0.15) is 0 Å². The van der Waals surface area contributed by atoms with Crippen LogP contribution in [0.4, 0.5) is 0 Å². The number of pyridine rings is 1. The van der Waals surface area contributed by atoms with E-state index in [0.29, 0.717) is 0 Å². The standard InChI is InChI=1S/C9H10BrN3/c1-5(11)8-4-13-9-7(8)2-6(10)3-12-9/h2-5H,11H2,1H3,(H,12,13)/t5-/m0/s1. The summed E-state index contributed by atoms with van der Waals surface area (Å²) in [5, 5.41) is 1.09. The minimum atomic E-state index is 0.0323. The summed E-state index contributed by atoms with van der Waals surface area (Å²) in [7, 11) is 0. The summed E-state index contributed by atoms with van der Waals surface area (Å²) in [5.74, 6) is 0. The quantitative estimate of drug-likeness (QED) is 0.803. The van der Waals surface area contributed by atoms with Crippen molar-refractivity contribution in [1.29, 1.82) is 0 Å². The number of fused-ring (bicyclic) bond motifs is 1. The van der Waals surface area contributed by atoms with Crippen LogP contribution in [0.3, 0.4) is 0 Å². The zero-order valence-corrected chi connectivity index (χ0v) is 8.80. The van der Waals surface area contributed by atoms with Crippen molar-refractivity contribution < 1.29 is 0 Å². The van der Waals surface area contributed by atoms with Gasteiger partial charge in [-0.15, -0.1) is 0 Å². The van der Waals surface area contributed by atoms with Gasteiger partial charge in [0.05, 0.1) is 0 Å². The molecule has 2 heterocycles. The third kappa shape index (κ3) is 1.47. The maximum Gasteiger partial charge on any atom is 0.137 e. The average Bonchev–Trinajstić information content (AvgIpc) is 2.46. The lowest BCUT2D eigenvalue weighted by Gasteiger charge is -2.01. The van der Waals surface area contributed by atoms with Crippen molar-refractivity contribution in [3.05, 3.63) is 28.5 Å². The number of nitrogens with zero attached hydrogens (tertiary/aromatic N) is 1. The maximum absolute atomic E-state index is 5.81. The zero-order chi connectivity index (χ0) is 9.42. The largest absolute Gasteiger partial charge is 0.346 e. The van der Waals surface area contributed by atoms with Gasteiger partial charge in [-0.3, -0.25) is 0 Å². The van der Waals surface area contributed by atoms with E-state index < -0.39 is 0 Å². The fourth-order valence-electron chi connectivity index (χ4n) is 1.37. The smallest absolute Gasteiger partial charge is 0.137 e. The van der Waals surface area contributed by atoms with E-state index in [1.54, 1.807) is 6.20 Å². The molecule has 0 aliphatic heterocycles. The molecule has 0 spiro atoms. The van der Waals surface area contributed by atoms with Crippen LogP contribution >= 0.6 is 15.9 Å². The number of nitrogens with one attached hydrogen (secondary N) is 1. The van der Waals surface area contributed by atoms with E-state index in [1.165, 1.54) is 0 Å². The zero-order valence-electron chi connectivity index (χ0n) is 7.21. The molecule has 2 rings (SSSR count). The van der Waals surface area contributed by atoms with E-state index >= 15 is 0 Å². The molecule has 0 unspecified atom stereocenters. The third-order valence-corrected chi connectivity index (χ3v) is 2.45. The fraction of sp³-hybridized carbons (Fsp3) is 0.222. The first-order valence-electron chi connectivity index (χ1n) is 4.06. The van der Waals surface area contributed by atoms with Crippen molar-refractivity contribution >= 4 is 27.0 Å². The van der Waals surface area contributed by atoms with Crippen LogP contribution in [0.2, 0.25) is 0 Å². The molecule has 0 amide bonds. The van der Waals surface area contributed by atoms with Crippen molar-refractivity contribution in [3.63, 3.8) is 0 Å². The maximum atomic E-state index is 5.81. The van der Waals surface area contributed by atoms with E-state index in [0.717, 1.165) is 21.1 Å². The highest BCUT2D eigenvalue weighted by Crippen LogP contribution is 2.23. The van der Waals surface area contributed by atoms with E-state index in [9.17, 15) is 0 Å². The summed E-state index contributed by atoms with van der Waals surface area (Å²) >= 11 is 3.38. The monoisotopic (exact) mass is 239 g/mol. The van der Waals surface area contributed by atoms with E-state index in [4.69, 9.17) is 5.73 Å². The molecule has 2 aromatic rings. The highest BCUT2D eigenvalue weighted by Gasteiger charge is 2.07. The van der Waals surface area contributed by atoms with Gasteiger partial charge in [-0.05, 0) is 34.5 Å². The summed E-state index contributed by atoms with van der Waals surface area (Å²) in [6, 6.07) is 2.06. The van der Waals surface area contributed by atoms with Gasteiger partial charge in [0, 0.05) is 28.3 Å². The lowest BCUT2D eigenvalue weighted by molar-refractivity contribution is 0.826. The van der Waals surface area contributed by atoms with Crippen LogP contribution < -0.4 is 5.73 Å². The summed E-state index contributed by atoms with van der Waals surface area (Å²) < 4.78 is 0.974. The van der Waals surface area contributed by atoms with Crippen LogP contribution in [-0.4, -0.2) is 9.97 Å². The molecule has 0 aliphatic carbocycles. The Morgan fingerprint density at radius 1 is 1.62 bits per heavy atom. The fourth-order valence-corrected chi connectivity index (χ4v) is 1.71. The van der Waals surface area contributed by atoms with Crippen LogP contribution in [-0.2, 0) is 0 Å². The number of aromatic nitrogens is 2. The SMILES string of the molecule is C[C@H](N)c1c[nH]c2ncc(Br)cc12. The minimum absolute atomic E-state index is 0.0323. The molecular weight excluding hydrogens is 230 g/mol. The lowest BCUT2D eigenvalue weighted by Crippen LogP contribution is -2.03. The topological polar surface area (TPSA) is 54.7 Å². The van der Waals surface area contributed by atoms with Crippen molar-refractivity contribution in [2.45, 2.75) is 13.0 Å². The number of rotatable bonds is 1. The van der Waals surface area contributed by atoms with Gasteiger partial charge in [-0.1, -0.05) is 0 Å². The van der Waals surface area contributed by atoms with E-state index in [-0.39, 0.29) is 6.04 Å². The Kier molecular flexibility index (Phi) is 2.09. The molecule has 0 saturated heterocycles. The van der Waals surface area contributed by atoms with Gasteiger partial charge in [-0.25, -0.2) is 4.98 Å². The molecule has 0 radical (unpaired) electrons. The number of nitrogens with two attached hydrogens (primary N) is 1. The van der Waals surface area contributed by atoms with Crippen LogP contribution in [0.5, 0.6) is 0 Å². The molecule has 0 fully saturated rings. The Bertz CT molecular complexity index is 433. The van der Waals surface area contributed by atoms with E-state index in [2.05, 4.69) is 25.9 Å². The number of halogens is 1. The van der Waals surface area contributed by atoms with Crippen LogP contribution in [0.25, 0.3) is 11.0 Å². The van der Waals surface area contributed by atoms with Gasteiger partial charge < -0.3 is 10.7 Å². The van der Waals surface area contributed by atoms with Crippen LogP contribution in [0.15, 0.2) is 22.9 Å². The van der Waals surface area contributed by atoms with Gasteiger partial charge in [0.25, 0.3) is 0 Å². The van der Waals surface area contributed by atoms with Crippen LogP contribution in [0.1, 0.15) is 18.5 Å². The normalized spacial score (nSPS) is 13.5. The second-order valence-corrected chi connectivity index (χ2v) is 4.00. The first-order valence-corrected chi connectivity index (χ1v) is 4.86. The molecule has 0 saturated carbocycles. The molecular formula is C9H10BrN3. The molecule has 0 bridgehead atoms. The highest BCUT2D eigenvalue weighted by atomic mass is 79.9. The molecule has 3 nitrogen and oxygen atoms in total. The van der Waals surface area contributed by atoms with Crippen molar-refractivity contribution in [2.75, 3.05) is 0 Å². The highest BCUT2D eigenvalue weighted by molar-refractivity contribution is 9.10. The van der Waals surface area contributed by atoms with Crippen LogP contribution in [0, 0.1) is 0 Å². The molecule has 1 atom stereocenters. The molecule has 3 N–H and O–H groups in total. The van der Waals surface area contributed by atoms with E-state index in [1.807, 2.05) is 19.2 Å². The summed E-state index contributed by atoms with van der Waals surface area (Å²) in [5.41, 5.74) is 7.80. The second kappa shape index (κ2) is 3.12. The number of H-pyrrole nitrogens is 1. The van der Waals surface area contributed by atoms with Crippen molar-refractivity contribution in [3.8, 4) is 0 Å². The first-order chi connectivity index (χ1) is 6.18. The molecule has 0 aliphatic rings. The summed E-state index contributed by atoms with van der Waals surface area (Å²) in [4.78, 5) is 7.31. The van der Waals surface area contributed by atoms with Gasteiger partial charge in [0.2, 0.25) is 0 Å². The Hall–Kier alpha value is -0.870. The first kappa shape index (κ1) is 8.72. The average molecular weight is 240 g/mol. The summed E-state index contributed by atoms with van der Waals surface area (Å²) in [6.07, 6.45) is 3.68. The number of hydrogen-bond acceptors (Lipinski definition) is 2. The van der Waals surface area contributed by atoms with Crippen molar-refractivity contribution in [1.82, 2.24) is 9.97 Å². The summed E-state index contributed by atoms with van der Waals surface area (Å²) in [6.45, 7) is 1.96. The molecule has 68 valence electrons. The third-order valence-electron chi connectivity index (χ3n) is 2.02.